The van der Waals surface area contributed by atoms with Crippen molar-refractivity contribution >= 4 is 11.3 Å². The number of anilines is 1. The molecule has 1 fully saturated rings. The van der Waals surface area contributed by atoms with Gasteiger partial charge in [-0.05, 0) is 67.5 Å². The van der Waals surface area contributed by atoms with Crippen LogP contribution < -0.4 is 15.2 Å². The lowest BCUT2D eigenvalue weighted by molar-refractivity contribution is 0.322. The third-order valence-corrected chi connectivity index (χ3v) is 6.31. The average Bonchev–Trinajstić information content (AvgIpc) is 2.81. The fourth-order valence-electron chi connectivity index (χ4n) is 4.09. The summed E-state index contributed by atoms with van der Waals surface area (Å²) in [6.45, 7) is 10.8. The van der Waals surface area contributed by atoms with E-state index in [0.717, 1.165) is 41.9 Å². The van der Waals surface area contributed by atoms with Gasteiger partial charge < -0.3 is 9.64 Å². The van der Waals surface area contributed by atoms with E-state index in [-0.39, 0.29) is 5.56 Å². The Hall–Kier alpha value is -2.82. The first kappa shape index (κ1) is 22.9. The fourth-order valence-corrected chi connectivity index (χ4v) is 4.09. The van der Waals surface area contributed by atoms with Gasteiger partial charge in [-0.2, -0.15) is 0 Å². The summed E-state index contributed by atoms with van der Waals surface area (Å²) in [4.78, 5) is 19.9. The summed E-state index contributed by atoms with van der Waals surface area (Å²) in [6.07, 6.45) is 5.58. The first-order valence-electron chi connectivity index (χ1n) is 11.5. The van der Waals surface area contributed by atoms with Gasteiger partial charge >= 0.3 is 0 Å². The molecule has 3 aromatic rings. The number of rotatable bonds is 3. The van der Waals surface area contributed by atoms with Crippen molar-refractivity contribution in [1.29, 1.82) is 0 Å². The zero-order valence-electron chi connectivity index (χ0n) is 19.5. The van der Waals surface area contributed by atoms with Crippen molar-refractivity contribution in [2.45, 2.75) is 47.0 Å². The molecule has 1 aromatic carbocycles. The maximum absolute atomic E-state index is 12.8. The smallest absolute Gasteiger partial charge is 0.258 e. The van der Waals surface area contributed by atoms with Gasteiger partial charge in [-0.25, -0.2) is 4.98 Å². The highest BCUT2D eigenvalue weighted by molar-refractivity contribution is 5.63. The zero-order valence-corrected chi connectivity index (χ0v) is 19.5. The van der Waals surface area contributed by atoms with Gasteiger partial charge in [0.25, 0.3) is 5.56 Å². The van der Waals surface area contributed by atoms with E-state index >= 15 is 0 Å². The van der Waals surface area contributed by atoms with E-state index in [9.17, 15) is 4.79 Å². The molecular formula is C26H35N3O2. The summed E-state index contributed by atoms with van der Waals surface area (Å²) in [5.74, 6) is 2.31. The standard InChI is InChI=1S/C24H29N3O2.C2H6/c1-17-5-4-13-26(14-12-18(17)2)20-8-11-23-25-22(15-24(28)27(23)16-20)19-6-9-21(29-3)10-7-19;1-2/h6-11,15-18H,4-5,12-14H2,1-3H3;1-2H3. The van der Waals surface area contributed by atoms with E-state index in [2.05, 4.69) is 24.8 Å². The minimum atomic E-state index is -0.0586. The van der Waals surface area contributed by atoms with Crippen molar-refractivity contribution < 1.29 is 4.74 Å². The van der Waals surface area contributed by atoms with Gasteiger partial charge in [-0.1, -0.05) is 27.7 Å². The van der Waals surface area contributed by atoms with Crippen LogP contribution in [0, 0.1) is 11.8 Å². The summed E-state index contributed by atoms with van der Waals surface area (Å²) < 4.78 is 6.87. The Labute approximate surface area is 185 Å². The lowest BCUT2D eigenvalue weighted by Gasteiger charge is -2.31. The summed E-state index contributed by atoms with van der Waals surface area (Å²) in [7, 11) is 1.64. The Morgan fingerprint density at radius 1 is 0.968 bits per heavy atom. The molecule has 0 N–H and O–H groups in total. The third kappa shape index (κ3) is 5.27. The van der Waals surface area contributed by atoms with Crippen LogP contribution in [0.2, 0.25) is 0 Å². The molecule has 2 aromatic heterocycles. The summed E-state index contributed by atoms with van der Waals surface area (Å²) in [6, 6.07) is 13.3. The molecule has 2 atom stereocenters. The topological polar surface area (TPSA) is 46.8 Å². The number of benzene rings is 1. The molecule has 0 bridgehead atoms. The van der Waals surface area contributed by atoms with Crippen LogP contribution in [0.1, 0.15) is 47.0 Å². The van der Waals surface area contributed by atoms with Crippen molar-refractivity contribution in [2.75, 3.05) is 25.1 Å². The van der Waals surface area contributed by atoms with Crippen LogP contribution in [-0.4, -0.2) is 29.6 Å². The molecule has 3 heterocycles. The molecule has 0 radical (unpaired) electrons. The van der Waals surface area contributed by atoms with E-state index in [1.165, 1.54) is 19.3 Å². The number of nitrogens with zero attached hydrogens (tertiary/aromatic N) is 3. The highest BCUT2D eigenvalue weighted by Crippen LogP contribution is 2.26. The van der Waals surface area contributed by atoms with E-state index in [4.69, 9.17) is 9.72 Å². The molecule has 166 valence electrons. The second-order valence-electron chi connectivity index (χ2n) is 8.20. The predicted molar refractivity (Wildman–Crippen MR) is 129 cm³/mol. The molecule has 31 heavy (non-hydrogen) atoms. The van der Waals surface area contributed by atoms with Crippen LogP contribution in [0.3, 0.4) is 0 Å². The summed E-state index contributed by atoms with van der Waals surface area (Å²) >= 11 is 0. The highest BCUT2D eigenvalue weighted by Gasteiger charge is 2.18. The summed E-state index contributed by atoms with van der Waals surface area (Å²) in [5, 5.41) is 0. The Bertz CT molecular complexity index is 1040. The van der Waals surface area contributed by atoms with Crippen molar-refractivity contribution in [3.8, 4) is 17.0 Å². The van der Waals surface area contributed by atoms with Gasteiger partial charge in [0.1, 0.15) is 11.4 Å². The number of fused-ring (bicyclic) bond motifs is 1. The molecule has 1 saturated heterocycles. The molecule has 5 heteroatoms. The molecule has 0 amide bonds. The van der Waals surface area contributed by atoms with Gasteiger partial charge in [0.15, 0.2) is 0 Å². The van der Waals surface area contributed by atoms with Crippen LogP contribution in [0.5, 0.6) is 5.75 Å². The largest absolute Gasteiger partial charge is 0.497 e. The number of aromatic nitrogens is 2. The summed E-state index contributed by atoms with van der Waals surface area (Å²) in [5.41, 5.74) is 3.29. The first-order chi connectivity index (χ1) is 15.0. The maximum atomic E-state index is 12.8. The molecule has 5 nitrogen and oxygen atoms in total. The lowest BCUT2D eigenvalue weighted by Crippen LogP contribution is -2.31. The molecule has 0 saturated carbocycles. The van der Waals surface area contributed by atoms with Gasteiger partial charge in [0.2, 0.25) is 0 Å². The molecule has 1 aliphatic rings. The van der Waals surface area contributed by atoms with Crippen LogP contribution >= 0.6 is 0 Å². The maximum Gasteiger partial charge on any atom is 0.258 e. The minimum absolute atomic E-state index is 0.0586. The average molecular weight is 422 g/mol. The van der Waals surface area contributed by atoms with Crippen LogP contribution in [0.25, 0.3) is 16.9 Å². The second kappa shape index (κ2) is 10.5. The predicted octanol–water partition coefficient (Wildman–Crippen LogP) is 5.66. The van der Waals surface area contributed by atoms with E-state index in [1.807, 2.05) is 50.4 Å². The van der Waals surface area contributed by atoms with Crippen LogP contribution in [0.4, 0.5) is 5.69 Å². The molecule has 2 unspecified atom stereocenters. The normalized spacial score (nSPS) is 19.2. The quantitative estimate of drug-likeness (QED) is 0.547. The van der Waals surface area contributed by atoms with Crippen molar-refractivity contribution in [3.05, 3.63) is 59.0 Å². The Kier molecular flexibility index (Phi) is 7.72. The Balaban J connectivity index is 0.00000132. The number of methoxy groups -OCH3 is 1. The second-order valence-corrected chi connectivity index (χ2v) is 8.20. The number of pyridine rings is 1. The van der Waals surface area contributed by atoms with Crippen LogP contribution in [-0.2, 0) is 0 Å². The van der Waals surface area contributed by atoms with E-state index in [0.29, 0.717) is 11.3 Å². The van der Waals surface area contributed by atoms with Gasteiger partial charge in [0.05, 0.1) is 18.5 Å². The van der Waals surface area contributed by atoms with Crippen molar-refractivity contribution in [2.24, 2.45) is 11.8 Å². The van der Waals surface area contributed by atoms with Crippen LogP contribution in [0.15, 0.2) is 53.5 Å². The number of hydrogen-bond donors (Lipinski definition) is 0. The minimum Gasteiger partial charge on any atom is -0.497 e. The number of ether oxygens (including phenoxy) is 1. The molecule has 1 aliphatic heterocycles. The first-order valence-corrected chi connectivity index (χ1v) is 11.5. The molecular weight excluding hydrogens is 386 g/mol. The Morgan fingerprint density at radius 2 is 1.68 bits per heavy atom. The third-order valence-electron chi connectivity index (χ3n) is 6.31. The zero-order chi connectivity index (χ0) is 22.4. The molecule has 4 rings (SSSR count). The van der Waals surface area contributed by atoms with E-state index in [1.54, 1.807) is 17.6 Å². The SMILES string of the molecule is CC.COc1ccc(-c2cc(=O)n3cc(N4CCCC(C)C(C)CC4)ccc3n2)cc1. The number of hydrogen-bond acceptors (Lipinski definition) is 4. The van der Waals surface area contributed by atoms with Gasteiger partial charge in [0, 0.05) is 30.9 Å². The monoisotopic (exact) mass is 421 g/mol. The highest BCUT2D eigenvalue weighted by atomic mass is 16.5. The van der Waals surface area contributed by atoms with Gasteiger partial charge in [-0.15, -0.1) is 0 Å². The Morgan fingerprint density at radius 3 is 2.39 bits per heavy atom. The van der Waals surface area contributed by atoms with Gasteiger partial charge in [-0.3, -0.25) is 9.20 Å². The molecule has 0 aliphatic carbocycles. The lowest BCUT2D eigenvalue weighted by atomic mass is 9.87. The van der Waals surface area contributed by atoms with Crippen molar-refractivity contribution in [3.63, 3.8) is 0 Å². The van der Waals surface area contributed by atoms with Crippen molar-refractivity contribution in [1.82, 2.24) is 9.38 Å². The molecule has 0 spiro atoms. The fraction of sp³-hybridized carbons (Fsp3) is 0.462. The van der Waals surface area contributed by atoms with E-state index < -0.39 is 0 Å².